The zero-order chi connectivity index (χ0) is 19.1. The maximum absolute atomic E-state index is 13.0. The lowest BCUT2D eigenvalue weighted by Crippen LogP contribution is -2.98. The average molecular weight is 361 g/mol. The fraction of sp³-hybridized carbons (Fsp3) is 0.526. The number of amides is 2. The summed E-state index contributed by atoms with van der Waals surface area (Å²) in [5.41, 5.74) is -0.301. The number of hydrogen-bond donors (Lipinski definition) is 1. The van der Waals surface area contributed by atoms with Gasteiger partial charge in [0.2, 0.25) is 17.4 Å². The molecule has 0 saturated carbocycles. The van der Waals surface area contributed by atoms with E-state index >= 15 is 0 Å². The highest BCUT2D eigenvalue weighted by Crippen LogP contribution is 2.47. The van der Waals surface area contributed by atoms with Gasteiger partial charge in [-0.1, -0.05) is 19.1 Å². The van der Waals surface area contributed by atoms with E-state index in [9.17, 15) is 14.4 Å². The highest BCUT2D eigenvalue weighted by atomic mass is 16.5. The molecule has 26 heavy (non-hydrogen) atoms. The van der Waals surface area contributed by atoms with E-state index in [4.69, 9.17) is 9.47 Å². The maximum atomic E-state index is 13.0. The summed E-state index contributed by atoms with van der Waals surface area (Å²) in [6.45, 7) is 3.91. The summed E-state index contributed by atoms with van der Waals surface area (Å²) in [6, 6.07) is 7.03. The van der Waals surface area contributed by atoms with Crippen LogP contribution < -0.4 is 10.1 Å². The van der Waals surface area contributed by atoms with E-state index in [-0.39, 0.29) is 17.9 Å². The predicted molar refractivity (Wildman–Crippen MR) is 92.1 cm³/mol. The highest BCUT2D eigenvalue weighted by Gasteiger charge is 2.71. The van der Waals surface area contributed by atoms with Crippen molar-refractivity contribution in [2.24, 2.45) is 11.8 Å². The van der Waals surface area contributed by atoms with Crippen LogP contribution in [0.15, 0.2) is 24.3 Å². The van der Waals surface area contributed by atoms with E-state index in [1.165, 1.54) is 12.0 Å². The Morgan fingerprint density at radius 3 is 2.46 bits per heavy atom. The molecule has 2 N–H and O–H groups in total. The zero-order valence-corrected chi connectivity index (χ0v) is 15.5. The van der Waals surface area contributed by atoms with Gasteiger partial charge in [0, 0.05) is 13.0 Å². The highest BCUT2D eigenvalue weighted by molar-refractivity contribution is 6.08. The van der Waals surface area contributed by atoms with Gasteiger partial charge in [0.25, 0.3) is 0 Å². The lowest BCUT2D eigenvalue weighted by atomic mass is 9.78. The summed E-state index contributed by atoms with van der Waals surface area (Å²) in [4.78, 5) is 40.0. The van der Waals surface area contributed by atoms with Crippen LogP contribution in [-0.2, 0) is 19.1 Å². The number of likely N-dealkylation sites (tertiary alicyclic amines) is 1. The summed E-state index contributed by atoms with van der Waals surface area (Å²) < 4.78 is 10.5. The molecule has 0 aliphatic carbocycles. The number of imide groups is 1. The fourth-order valence-electron chi connectivity index (χ4n) is 4.59. The molecule has 2 saturated heterocycles. The fourth-order valence-corrected chi connectivity index (χ4v) is 4.59. The number of para-hydroxylation sites is 1. The van der Waals surface area contributed by atoms with Crippen molar-refractivity contribution < 1.29 is 29.2 Å². The number of nitrogens with zero attached hydrogens (tertiary/aromatic N) is 1. The van der Waals surface area contributed by atoms with Gasteiger partial charge in [0.15, 0.2) is 0 Å². The van der Waals surface area contributed by atoms with Gasteiger partial charge < -0.3 is 14.8 Å². The molecule has 1 aromatic carbocycles. The van der Waals surface area contributed by atoms with Crippen molar-refractivity contribution in [3.05, 3.63) is 29.8 Å². The third-order valence-electron chi connectivity index (χ3n) is 5.83. The molecule has 0 spiro atoms. The molecule has 2 fully saturated rings. The molecule has 2 aliphatic heterocycles. The molecule has 0 unspecified atom stereocenters. The Balaban J connectivity index is 2.17. The number of benzene rings is 1. The van der Waals surface area contributed by atoms with Crippen LogP contribution in [-0.4, -0.2) is 49.0 Å². The number of rotatable bonds is 5. The Morgan fingerprint density at radius 1 is 1.19 bits per heavy atom. The minimum Gasteiger partial charge on any atom is -0.496 e. The van der Waals surface area contributed by atoms with Crippen LogP contribution in [0.5, 0.6) is 5.75 Å². The van der Waals surface area contributed by atoms with E-state index in [2.05, 4.69) is 0 Å². The van der Waals surface area contributed by atoms with Gasteiger partial charge in [0.05, 0.1) is 19.8 Å². The summed E-state index contributed by atoms with van der Waals surface area (Å²) >= 11 is 0. The standard InChI is InChI=1S/C19H24N2O5/c1-5-19(18(24)26-4)14-13(16(22)21(6-2)17(14)23)15(20-19)11-9-7-8-10-12(11)25-3/h7-10,13-15,20H,5-6H2,1-4H3/p+1/t13-,14+,15-,19+/m0/s1. The zero-order valence-electron chi connectivity index (χ0n) is 15.5. The van der Waals surface area contributed by atoms with Crippen LogP contribution in [0.1, 0.15) is 31.9 Å². The molecular formula is C19H25N2O5+. The number of hydrogen-bond acceptors (Lipinski definition) is 5. The molecule has 0 bridgehead atoms. The number of quaternary nitrogens is 1. The number of nitrogens with two attached hydrogens (primary N) is 1. The van der Waals surface area contributed by atoms with Crippen molar-refractivity contribution in [1.29, 1.82) is 0 Å². The second kappa shape index (κ2) is 6.72. The van der Waals surface area contributed by atoms with E-state index in [1.807, 2.05) is 36.5 Å². The van der Waals surface area contributed by atoms with Crippen molar-refractivity contribution in [1.82, 2.24) is 4.90 Å². The topological polar surface area (TPSA) is 89.5 Å². The first-order chi connectivity index (χ1) is 12.5. The SMILES string of the molecule is CCN1C(=O)[C@@H]2[C@H](c3ccccc3OC)[NH2+][C@@](CC)(C(=O)OC)[C@H]2C1=O. The van der Waals surface area contributed by atoms with E-state index < -0.39 is 23.3 Å². The Hall–Kier alpha value is -2.41. The van der Waals surface area contributed by atoms with Crippen molar-refractivity contribution in [3.8, 4) is 5.75 Å². The molecule has 0 radical (unpaired) electrons. The van der Waals surface area contributed by atoms with E-state index in [0.717, 1.165) is 5.56 Å². The molecule has 0 aromatic heterocycles. The van der Waals surface area contributed by atoms with Crippen LogP contribution in [0.3, 0.4) is 0 Å². The van der Waals surface area contributed by atoms with Crippen molar-refractivity contribution >= 4 is 17.8 Å². The first-order valence-electron chi connectivity index (χ1n) is 8.89. The first kappa shape index (κ1) is 18.4. The number of esters is 1. The summed E-state index contributed by atoms with van der Waals surface area (Å²) in [7, 11) is 2.89. The number of fused-ring (bicyclic) bond motifs is 1. The molecule has 2 heterocycles. The van der Waals surface area contributed by atoms with E-state index in [1.54, 1.807) is 14.0 Å². The first-order valence-corrected chi connectivity index (χ1v) is 8.89. The minimum atomic E-state index is -1.11. The van der Waals surface area contributed by atoms with Crippen LogP contribution in [0, 0.1) is 11.8 Å². The smallest absolute Gasteiger partial charge is 0.368 e. The van der Waals surface area contributed by atoms with Crippen molar-refractivity contribution in [3.63, 3.8) is 0 Å². The van der Waals surface area contributed by atoms with Gasteiger partial charge in [-0.2, -0.15) is 0 Å². The Bertz CT molecular complexity index is 749. The lowest BCUT2D eigenvalue weighted by molar-refractivity contribution is -0.734. The normalized spacial score (nSPS) is 30.5. The molecule has 2 amide bonds. The van der Waals surface area contributed by atoms with Gasteiger partial charge in [-0.05, 0) is 19.1 Å². The van der Waals surface area contributed by atoms with Crippen molar-refractivity contribution in [2.75, 3.05) is 20.8 Å². The second-order valence-electron chi connectivity index (χ2n) is 6.74. The Morgan fingerprint density at radius 2 is 1.88 bits per heavy atom. The van der Waals surface area contributed by atoms with Crippen LogP contribution in [0.25, 0.3) is 0 Å². The van der Waals surface area contributed by atoms with Crippen molar-refractivity contribution in [2.45, 2.75) is 31.8 Å². The molecule has 1 aromatic rings. The number of ether oxygens (including phenoxy) is 2. The molecular weight excluding hydrogens is 336 g/mol. The van der Waals surface area contributed by atoms with Gasteiger partial charge in [-0.15, -0.1) is 0 Å². The predicted octanol–water partition coefficient (Wildman–Crippen LogP) is 0.256. The molecule has 7 nitrogen and oxygen atoms in total. The van der Waals surface area contributed by atoms with Crippen LogP contribution in [0.2, 0.25) is 0 Å². The number of carbonyl (C=O) groups excluding carboxylic acids is 3. The monoisotopic (exact) mass is 361 g/mol. The summed E-state index contributed by atoms with van der Waals surface area (Å²) in [5.74, 6) is -1.69. The molecule has 4 atom stereocenters. The van der Waals surface area contributed by atoms with Crippen LogP contribution in [0.4, 0.5) is 0 Å². The van der Waals surface area contributed by atoms with Gasteiger partial charge in [-0.3, -0.25) is 14.5 Å². The number of methoxy groups -OCH3 is 2. The van der Waals surface area contributed by atoms with Gasteiger partial charge in [-0.25, -0.2) is 4.79 Å². The number of carbonyl (C=O) groups is 3. The molecule has 2 aliphatic rings. The quantitative estimate of drug-likeness (QED) is 0.600. The van der Waals surface area contributed by atoms with Gasteiger partial charge in [0.1, 0.15) is 23.6 Å². The van der Waals surface area contributed by atoms with Crippen LogP contribution >= 0.6 is 0 Å². The summed E-state index contributed by atoms with van der Waals surface area (Å²) in [5, 5.41) is 1.84. The second-order valence-corrected chi connectivity index (χ2v) is 6.74. The Kier molecular flexibility index (Phi) is 4.75. The largest absolute Gasteiger partial charge is 0.496 e. The third kappa shape index (κ3) is 2.34. The molecule has 140 valence electrons. The van der Waals surface area contributed by atoms with E-state index in [0.29, 0.717) is 18.7 Å². The lowest BCUT2D eigenvalue weighted by Gasteiger charge is -2.28. The minimum absolute atomic E-state index is 0.228. The Labute approximate surface area is 152 Å². The third-order valence-corrected chi connectivity index (χ3v) is 5.83. The van der Waals surface area contributed by atoms with Gasteiger partial charge >= 0.3 is 5.97 Å². The average Bonchev–Trinajstić information content (AvgIpc) is 3.15. The maximum Gasteiger partial charge on any atom is 0.368 e. The molecule has 7 heteroatoms. The molecule has 3 rings (SSSR count). The summed E-state index contributed by atoms with van der Waals surface area (Å²) in [6.07, 6.45) is 0.392.